The van der Waals surface area contributed by atoms with Gasteiger partial charge in [-0.1, -0.05) is 0 Å². The van der Waals surface area contributed by atoms with Gasteiger partial charge in [0, 0.05) is 18.2 Å². The Morgan fingerprint density at radius 1 is 1.35 bits per heavy atom. The maximum Gasteiger partial charge on any atom is 0.242 e. The average Bonchev–Trinajstić information content (AvgIpc) is 2.24. The lowest BCUT2D eigenvalue weighted by molar-refractivity contribution is -0.130. The number of nitrogens with one attached hydrogen (secondary N) is 1. The Morgan fingerprint density at radius 2 is 1.88 bits per heavy atom. The summed E-state index contributed by atoms with van der Waals surface area (Å²) in [5, 5.41) is 0. The van der Waals surface area contributed by atoms with Crippen LogP contribution in [0.15, 0.2) is 18.2 Å². The quantitative estimate of drug-likeness (QED) is 0.477. The predicted molar refractivity (Wildman–Crippen MR) is 58.0 cm³/mol. The van der Waals surface area contributed by atoms with E-state index in [1.54, 1.807) is 13.8 Å². The Bertz CT molecular complexity index is 402. The molecule has 1 amide bonds. The van der Waals surface area contributed by atoms with Crippen LogP contribution in [0.4, 0.5) is 8.78 Å². The molecule has 17 heavy (non-hydrogen) atoms. The molecule has 1 rings (SSSR count). The number of hydrogen-bond donors (Lipinski definition) is 2. The topological polar surface area (TPSA) is 64.3 Å². The van der Waals surface area contributed by atoms with E-state index in [0.717, 1.165) is 18.2 Å². The van der Waals surface area contributed by atoms with E-state index in [2.05, 4.69) is 0 Å². The SMILES string of the molecule is CC(C)(COc1cc(F)cc(F)c1)C(=O)NN. The van der Waals surface area contributed by atoms with Gasteiger partial charge in [0.05, 0.1) is 5.41 Å². The Morgan fingerprint density at radius 3 is 2.35 bits per heavy atom. The second kappa shape index (κ2) is 5.09. The minimum absolute atomic E-state index is 0.0281. The molecule has 3 N–H and O–H groups in total. The van der Waals surface area contributed by atoms with Crippen LogP contribution in [0, 0.1) is 17.0 Å². The van der Waals surface area contributed by atoms with Gasteiger partial charge >= 0.3 is 0 Å². The lowest BCUT2D eigenvalue weighted by Crippen LogP contribution is -2.44. The van der Waals surface area contributed by atoms with Gasteiger partial charge in [0.25, 0.3) is 0 Å². The number of hydrogen-bond acceptors (Lipinski definition) is 3. The molecule has 1 aromatic carbocycles. The summed E-state index contributed by atoms with van der Waals surface area (Å²) < 4.78 is 30.9. The minimum Gasteiger partial charge on any atom is -0.492 e. The smallest absolute Gasteiger partial charge is 0.242 e. The lowest BCUT2D eigenvalue weighted by atomic mass is 9.94. The molecule has 0 saturated carbocycles. The third kappa shape index (κ3) is 3.67. The van der Waals surface area contributed by atoms with Gasteiger partial charge in [-0.25, -0.2) is 14.6 Å². The molecule has 0 bridgehead atoms. The van der Waals surface area contributed by atoms with E-state index in [1.807, 2.05) is 5.43 Å². The molecule has 0 aliphatic carbocycles. The van der Waals surface area contributed by atoms with Crippen molar-refractivity contribution in [2.45, 2.75) is 13.8 Å². The van der Waals surface area contributed by atoms with Gasteiger partial charge in [0.15, 0.2) is 0 Å². The van der Waals surface area contributed by atoms with E-state index in [-0.39, 0.29) is 12.4 Å². The Balaban J connectivity index is 2.70. The van der Waals surface area contributed by atoms with Crippen molar-refractivity contribution in [3.63, 3.8) is 0 Å². The van der Waals surface area contributed by atoms with Crippen LogP contribution in [-0.2, 0) is 4.79 Å². The van der Waals surface area contributed by atoms with Crippen LogP contribution in [0.1, 0.15) is 13.8 Å². The summed E-state index contributed by atoms with van der Waals surface area (Å²) in [5.41, 5.74) is 1.11. The summed E-state index contributed by atoms with van der Waals surface area (Å²) in [6.07, 6.45) is 0. The number of hydrazine groups is 1. The molecule has 0 aromatic heterocycles. The molecule has 0 fully saturated rings. The number of carbonyl (C=O) groups is 1. The number of benzene rings is 1. The maximum atomic E-state index is 12.9. The fourth-order valence-electron chi connectivity index (χ4n) is 1.14. The van der Waals surface area contributed by atoms with Gasteiger partial charge in [-0.3, -0.25) is 10.2 Å². The first-order chi connectivity index (χ1) is 7.85. The summed E-state index contributed by atoms with van der Waals surface area (Å²) in [4.78, 5) is 11.3. The highest BCUT2D eigenvalue weighted by molar-refractivity contribution is 5.81. The molecule has 0 saturated heterocycles. The number of ether oxygens (including phenoxy) is 1. The van der Waals surface area contributed by atoms with Crippen molar-refractivity contribution in [2.75, 3.05) is 6.61 Å². The highest BCUT2D eigenvalue weighted by atomic mass is 19.1. The van der Waals surface area contributed by atoms with Gasteiger partial charge in [0.2, 0.25) is 5.91 Å². The maximum absolute atomic E-state index is 12.9. The first-order valence-corrected chi connectivity index (χ1v) is 4.95. The Labute approximate surface area is 97.7 Å². The van der Waals surface area contributed by atoms with E-state index < -0.39 is 23.0 Å². The van der Waals surface area contributed by atoms with E-state index >= 15 is 0 Å². The summed E-state index contributed by atoms with van der Waals surface area (Å²) in [6.45, 7) is 3.16. The minimum atomic E-state index is -0.891. The van der Waals surface area contributed by atoms with Gasteiger partial charge < -0.3 is 4.74 Å². The average molecular weight is 244 g/mol. The molecule has 0 radical (unpaired) electrons. The number of nitrogens with two attached hydrogens (primary N) is 1. The van der Waals surface area contributed by atoms with Crippen molar-refractivity contribution in [1.29, 1.82) is 0 Å². The highest BCUT2D eigenvalue weighted by Crippen LogP contribution is 2.20. The number of halogens is 2. The molecule has 0 atom stereocenters. The molecule has 0 aliphatic heterocycles. The number of rotatable bonds is 4. The first kappa shape index (κ1) is 13.4. The van der Waals surface area contributed by atoms with E-state index in [4.69, 9.17) is 10.6 Å². The van der Waals surface area contributed by atoms with Crippen molar-refractivity contribution < 1.29 is 18.3 Å². The summed E-state index contributed by atoms with van der Waals surface area (Å²) in [5.74, 6) is 3.14. The predicted octanol–water partition coefficient (Wildman–Crippen LogP) is 1.36. The van der Waals surface area contributed by atoms with E-state index in [0.29, 0.717) is 0 Å². The summed E-state index contributed by atoms with van der Waals surface area (Å²) >= 11 is 0. The largest absolute Gasteiger partial charge is 0.492 e. The zero-order valence-electron chi connectivity index (χ0n) is 9.59. The number of amides is 1. The molecule has 0 unspecified atom stereocenters. The molecule has 1 aromatic rings. The van der Waals surface area contributed by atoms with Crippen LogP contribution >= 0.6 is 0 Å². The monoisotopic (exact) mass is 244 g/mol. The Hall–Kier alpha value is -1.69. The molecule has 4 nitrogen and oxygen atoms in total. The van der Waals surface area contributed by atoms with Crippen molar-refractivity contribution in [2.24, 2.45) is 11.3 Å². The van der Waals surface area contributed by atoms with E-state index in [9.17, 15) is 13.6 Å². The van der Waals surface area contributed by atoms with Crippen molar-refractivity contribution >= 4 is 5.91 Å². The standard InChI is InChI=1S/C11H14F2N2O2/c1-11(2,10(16)15-14)6-17-9-4-7(12)3-8(13)5-9/h3-5H,6,14H2,1-2H3,(H,15,16). The second-order valence-electron chi connectivity index (χ2n) is 4.25. The van der Waals surface area contributed by atoms with Crippen LogP contribution in [-0.4, -0.2) is 12.5 Å². The lowest BCUT2D eigenvalue weighted by Gasteiger charge is -2.22. The molecule has 0 spiro atoms. The Kier molecular flexibility index (Phi) is 4.01. The zero-order valence-corrected chi connectivity index (χ0v) is 9.59. The third-order valence-electron chi connectivity index (χ3n) is 2.18. The van der Waals surface area contributed by atoms with Gasteiger partial charge in [-0.05, 0) is 13.8 Å². The van der Waals surface area contributed by atoms with Gasteiger partial charge in [0.1, 0.15) is 24.0 Å². The normalized spacial score (nSPS) is 11.1. The van der Waals surface area contributed by atoms with E-state index in [1.165, 1.54) is 0 Å². The zero-order chi connectivity index (χ0) is 13.1. The van der Waals surface area contributed by atoms with Crippen molar-refractivity contribution in [3.05, 3.63) is 29.8 Å². The molecular weight excluding hydrogens is 230 g/mol. The molecule has 94 valence electrons. The number of carbonyl (C=O) groups excluding carboxylic acids is 1. The molecular formula is C11H14F2N2O2. The van der Waals surface area contributed by atoms with Crippen LogP contribution in [0.2, 0.25) is 0 Å². The van der Waals surface area contributed by atoms with Crippen molar-refractivity contribution in [3.8, 4) is 5.75 Å². The van der Waals surface area contributed by atoms with Crippen LogP contribution in [0.5, 0.6) is 5.75 Å². The van der Waals surface area contributed by atoms with Crippen molar-refractivity contribution in [1.82, 2.24) is 5.43 Å². The molecule has 6 heteroatoms. The third-order valence-corrected chi connectivity index (χ3v) is 2.18. The molecule has 0 heterocycles. The molecule has 0 aliphatic rings. The van der Waals surface area contributed by atoms with Crippen LogP contribution in [0.25, 0.3) is 0 Å². The van der Waals surface area contributed by atoms with Gasteiger partial charge in [-0.15, -0.1) is 0 Å². The second-order valence-corrected chi connectivity index (χ2v) is 4.25. The summed E-state index contributed by atoms with van der Waals surface area (Å²) in [7, 11) is 0. The van der Waals surface area contributed by atoms with Crippen LogP contribution < -0.4 is 16.0 Å². The fourth-order valence-corrected chi connectivity index (χ4v) is 1.14. The summed E-state index contributed by atoms with van der Waals surface area (Å²) in [6, 6.07) is 2.82. The highest BCUT2D eigenvalue weighted by Gasteiger charge is 2.28. The van der Waals surface area contributed by atoms with Gasteiger partial charge in [-0.2, -0.15) is 0 Å². The first-order valence-electron chi connectivity index (χ1n) is 4.95. The fraction of sp³-hybridized carbons (Fsp3) is 0.364. The van der Waals surface area contributed by atoms with Crippen LogP contribution in [0.3, 0.4) is 0 Å².